The Morgan fingerprint density at radius 1 is 1.35 bits per heavy atom. The molecule has 0 aliphatic carbocycles. The minimum atomic E-state index is -4.25. The van der Waals surface area contributed by atoms with Crippen molar-refractivity contribution in [1.82, 2.24) is 9.80 Å². The summed E-state index contributed by atoms with van der Waals surface area (Å²) in [6, 6.07) is 0.348. The molecule has 0 spiro atoms. The zero-order valence-corrected chi connectivity index (χ0v) is 12.2. The van der Waals surface area contributed by atoms with Crippen LogP contribution in [0.25, 0.3) is 0 Å². The standard InChI is InChI=1S/C13H25F3N2O2/c1-3-12-9-17(4-5-18(12)8-11(2)19)6-7-20-10-13(14,15)16/h11-12,19H,3-10H2,1-2H3. The van der Waals surface area contributed by atoms with Crippen LogP contribution in [0.4, 0.5) is 13.2 Å². The molecule has 20 heavy (non-hydrogen) atoms. The molecule has 0 aromatic carbocycles. The van der Waals surface area contributed by atoms with E-state index < -0.39 is 12.8 Å². The van der Waals surface area contributed by atoms with E-state index in [-0.39, 0.29) is 12.7 Å². The first kappa shape index (κ1) is 17.7. The van der Waals surface area contributed by atoms with Gasteiger partial charge in [0.25, 0.3) is 0 Å². The lowest BCUT2D eigenvalue weighted by Crippen LogP contribution is -2.54. The van der Waals surface area contributed by atoms with Crippen LogP contribution < -0.4 is 0 Å². The Morgan fingerprint density at radius 3 is 2.60 bits per heavy atom. The molecular weight excluding hydrogens is 273 g/mol. The van der Waals surface area contributed by atoms with E-state index in [0.29, 0.717) is 19.1 Å². The number of aliphatic hydroxyl groups is 1. The lowest BCUT2D eigenvalue weighted by atomic mass is 10.1. The average molecular weight is 298 g/mol. The molecule has 0 aromatic rings. The van der Waals surface area contributed by atoms with E-state index in [2.05, 4.69) is 21.5 Å². The highest BCUT2D eigenvalue weighted by Gasteiger charge is 2.28. The Kier molecular flexibility index (Phi) is 7.22. The molecule has 1 N–H and O–H groups in total. The number of halogens is 3. The monoisotopic (exact) mass is 298 g/mol. The predicted molar refractivity (Wildman–Crippen MR) is 70.6 cm³/mol. The molecule has 0 radical (unpaired) electrons. The first-order valence-electron chi connectivity index (χ1n) is 7.10. The topological polar surface area (TPSA) is 35.9 Å². The summed E-state index contributed by atoms with van der Waals surface area (Å²) in [5, 5.41) is 9.45. The highest BCUT2D eigenvalue weighted by atomic mass is 19.4. The molecule has 1 fully saturated rings. The van der Waals surface area contributed by atoms with Gasteiger partial charge in [0.2, 0.25) is 0 Å². The van der Waals surface area contributed by atoms with Crippen LogP contribution in [0.5, 0.6) is 0 Å². The van der Waals surface area contributed by atoms with Crippen LogP contribution in [0.2, 0.25) is 0 Å². The Morgan fingerprint density at radius 2 is 2.05 bits per heavy atom. The van der Waals surface area contributed by atoms with Gasteiger partial charge in [-0.05, 0) is 13.3 Å². The van der Waals surface area contributed by atoms with Crippen LogP contribution in [-0.4, -0.2) is 79.2 Å². The summed E-state index contributed by atoms with van der Waals surface area (Å²) >= 11 is 0. The third-order valence-corrected chi connectivity index (χ3v) is 3.48. The van der Waals surface area contributed by atoms with Crippen LogP contribution >= 0.6 is 0 Å². The van der Waals surface area contributed by atoms with Crippen LogP contribution in [0.15, 0.2) is 0 Å². The summed E-state index contributed by atoms with van der Waals surface area (Å²) in [6.07, 6.45) is -3.64. The third kappa shape index (κ3) is 6.88. The molecule has 1 heterocycles. The van der Waals surface area contributed by atoms with Gasteiger partial charge in [-0.25, -0.2) is 0 Å². The Labute approximate surface area is 118 Å². The fourth-order valence-electron chi connectivity index (χ4n) is 2.51. The summed E-state index contributed by atoms with van der Waals surface area (Å²) in [6.45, 7) is 6.41. The van der Waals surface area contributed by atoms with Crippen molar-refractivity contribution in [3.8, 4) is 0 Å². The van der Waals surface area contributed by atoms with Gasteiger partial charge in [0.15, 0.2) is 0 Å². The van der Waals surface area contributed by atoms with Crippen molar-refractivity contribution in [2.24, 2.45) is 0 Å². The average Bonchev–Trinajstić information content (AvgIpc) is 2.34. The molecule has 0 bridgehead atoms. The molecular formula is C13H25F3N2O2. The van der Waals surface area contributed by atoms with Gasteiger partial charge in [-0.15, -0.1) is 0 Å². The molecule has 0 saturated carbocycles. The predicted octanol–water partition coefficient (Wildman–Crippen LogP) is 1.34. The number of nitrogens with zero attached hydrogens (tertiary/aromatic N) is 2. The Hall–Kier alpha value is -0.370. The lowest BCUT2D eigenvalue weighted by molar-refractivity contribution is -0.174. The SMILES string of the molecule is CCC1CN(CCOCC(F)(F)F)CCN1CC(C)O. The Bertz CT molecular complexity index is 275. The van der Waals surface area contributed by atoms with E-state index in [9.17, 15) is 18.3 Å². The molecule has 2 unspecified atom stereocenters. The first-order valence-corrected chi connectivity index (χ1v) is 7.10. The number of ether oxygens (including phenoxy) is 1. The molecule has 2 atom stereocenters. The fourth-order valence-corrected chi connectivity index (χ4v) is 2.51. The number of hydrogen-bond acceptors (Lipinski definition) is 4. The maximum atomic E-state index is 11.9. The van der Waals surface area contributed by atoms with Crippen LogP contribution in [0, 0.1) is 0 Å². The fraction of sp³-hybridized carbons (Fsp3) is 1.00. The third-order valence-electron chi connectivity index (χ3n) is 3.48. The van der Waals surface area contributed by atoms with E-state index in [1.165, 1.54) is 0 Å². The van der Waals surface area contributed by atoms with Crippen molar-refractivity contribution in [1.29, 1.82) is 0 Å². The molecule has 1 rings (SSSR count). The van der Waals surface area contributed by atoms with Gasteiger partial charge in [0, 0.05) is 38.8 Å². The van der Waals surface area contributed by atoms with Crippen molar-refractivity contribution >= 4 is 0 Å². The Balaban J connectivity index is 2.26. The van der Waals surface area contributed by atoms with Crippen molar-refractivity contribution in [2.75, 3.05) is 45.9 Å². The zero-order chi connectivity index (χ0) is 15.2. The van der Waals surface area contributed by atoms with Gasteiger partial charge in [-0.3, -0.25) is 9.80 Å². The van der Waals surface area contributed by atoms with Crippen LogP contribution in [-0.2, 0) is 4.74 Å². The summed E-state index contributed by atoms with van der Waals surface area (Å²) < 4.78 is 40.5. The maximum Gasteiger partial charge on any atom is 0.411 e. The van der Waals surface area contributed by atoms with Crippen molar-refractivity contribution in [3.63, 3.8) is 0 Å². The molecule has 4 nitrogen and oxygen atoms in total. The second kappa shape index (κ2) is 8.17. The number of piperazine rings is 1. The molecule has 1 aliphatic rings. The second-order valence-electron chi connectivity index (χ2n) is 5.37. The normalized spacial score (nSPS) is 24.0. The van der Waals surface area contributed by atoms with Gasteiger partial charge in [-0.1, -0.05) is 6.92 Å². The summed E-state index contributed by atoms with van der Waals surface area (Å²) in [5.74, 6) is 0. The number of aliphatic hydroxyl groups excluding tert-OH is 1. The van der Waals surface area contributed by atoms with Crippen molar-refractivity contribution in [3.05, 3.63) is 0 Å². The molecule has 1 saturated heterocycles. The smallest absolute Gasteiger partial charge is 0.392 e. The molecule has 7 heteroatoms. The van der Waals surface area contributed by atoms with Gasteiger partial charge < -0.3 is 9.84 Å². The van der Waals surface area contributed by atoms with Crippen molar-refractivity contribution in [2.45, 2.75) is 38.6 Å². The minimum absolute atomic E-state index is 0.104. The van der Waals surface area contributed by atoms with Crippen molar-refractivity contribution < 1.29 is 23.0 Å². The second-order valence-corrected chi connectivity index (χ2v) is 5.37. The number of β-amino-alcohol motifs (C(OH)–C–C–N with tert-alkyl or cyclic N) is 1. The highest BCUT2D eigenvalue weighted by Crippen LogP contribution is 2.15. The number of rotatable bonds is 7. The molecule has 120 valence electrons. The largest absolute Gasteiger partial charge is 0.411 e. The molecule has 0 amide bonds. The maximum absolute atomic E-state index is 11.9. The van der Waals surface area contributed by atoms with Gasteiger partial charge in [0.05, 0.1) is 12.7 Å². The van der Waals surface area contributed by atoms with Gasteiger partial charge in [-0.2, -0.15) is 13.2 Å². The van der Waals surface area contributed by atoms with Gasteiger partial charge in [0.1, 0.15) is 6.61 Å². The van der Waals surface area contributed by atoms with E-state index in [1.54, 1.807) is 6.92 Å². The quantitative estimate of drug-likeness (QED) is 0.720. The zero-order valence-electron chi connectivity index (χ0n) is 12.2. The molecule has 0 aromatic heterocycles. The first-order chi connectivity index (χ1) is 9.31. The van der Waals surface area contributed by atoms with E-state index in [0.717, 1.165) is 26.1 Å². The van der Waals surface area contributed by atoms with E-state index in [4.69, 9.17) is 0 Å². The number of hydrogen-bond donors (Lipinski definition) is 1. The van der Waals surface area contributed by atoms with Crippen LogP contribution in [0.1, 0.15) is 20.3 Å². The van der Waals surface area contributed by atoms with E-state index in [1.807, 2.05) is 0 Å². The minimum Gasteiger partial charge on any atom is -0.392 e. The highest BCUT2D eigenvalue weighted by molar-refractivity contribution is 4.82. The lowest BCUT2D eigenvalue weighted by Gasteiger charge is -2.41. The van der Waals surface area contributed by atoms with Crippen LogP contribution in [0.3, 0.4) is 0 Å². The summed E-state index contributed by atoms with van der Waals surface area (Å²) in [5.41, 5.74) is 0. The van der Waals surface area contributed by atoms with E-state index >= 15 is 0 Å². The molecule has 1 aliphatic heterocycles. The summed E-state index contributed by atoms with van der Waals surface area (Å²) in [7, 11) is 0. The number of alkyl halides is 3. The summed E-state index contributed by atoms with van der Waals surface area (Å²) in [4.78, 5) is 4.38. The van der Waals surface area contributed by atoms with Gasteiger partial charge >= 0.3 is 6.18 Å².